The van der Waals surface area contributed by atoms with E-state index in [1.807, 2.05) is 30.3 Å². The van der Waals surface area contributed by atoms with Gasteiger partial charge < -0.3 is 27.3 Å². The highest BCUT2D eigenvalue weighted by atomic mass is 35.5. The van der Waals surface area contributed by atoms with E-state index in [0.717, 1.165) is 35.1 Å². The number of nitrogen functional groups attached to an aromatic ring is 2. The van der Waals surface area contributed by atoms with E-state index in [1.54, 1.807) is 48.5 Å². The van der Waals surface area contributed by atoms with E-state index in [0.29, 0.717) is 34.5 Å². The maximum Gasteiger partial charge on any atom is 0.251 e. The molecule has 3 aromatic carbocycles. The Balaban J connectivity index is 1.45. The molecule has 1 fully saturated rings. The van der Waals surface area contributed by atoms with Gasteiger partial charge >= 0.3 is 0 Å². The number of aromatic nitrogens is 1. The predicted octanol–water partition coefficient (Wildman–Crippen LogP) is 4.15. The smallest absolute Gasteiger partial charge is 0.251 e. The van der Waals surface area contributed by atoms with Gasteiger partial charge in [0.1, 0.15) is 5.84 Å². The quantitative estimate of drug-likeness (QED) is 0.0683. The van der Waals surface area contributed by atoms with E-state index in [1.165, 1.54) is 0 Å². The summed E-state index contributed by atoms with van der Waals surface area (Å²) < 4.78 is 0.902. The van der Waals surface area contributed by atoms with Gasteiger partial charge in [-0.05, 0) is 54.2 Å². The summed E-state index contributed by atoms with van der Waals surface area (Å²) in [6.07, 6.45) is 2.66. The Kier molecular flexibility index (Phi) is 9.30. The van der Waals surface area contributed by atoms with Gasteiger partial charge in [0.25, 0.3) is 5.91 Å². The van der Waals surface area contributed by atoms with Crippen molar-refractivity contribution in [1.29, 1.82) is 5.41 Å². The monoisotopic (exact) mass is 611 g/mol. The summed E-state index contributed by atoms with van der Waals surface area (Å²) >= 11 is 6.82. The van der Waals surface area contributed by atoms with Crippen LogP contribution in [-0.4, -0.2) is 33.6 Å². The van der Waals surface area contributed by atoms with Crippen LogP contribution in [0.3, 0.4) is 0 Å². The normalized spacial score (nSPS) is 13.2. The van der Waals surface area contributed by atoms with Crippen LogP contribution in [0.1, 0.15) is 52.0 Å². The molecular formula is C33H34ClN7O3. The fourth-order valence-corrected chi connectivity index (χ4v) is 5.23. The molecule has 0 spiro atoms. The summed E-state index contributed by atoms with van der Waals surface area (Å²) in [6.45, 7) is 0.559. The van der Waals surface area contributed by atoms with Crippen LogP contribution in [-0.2, 0) is 24.3 Å². The highest BCUT2D eigenvalue weighted by Crippen LogP contribution is 2.33. The van der Waals surface area contributed by atoms with Gasteiger partial charge in [0.2, 0.25) is 5.91 Å². The largest absolute Gasteiger partial charge is 0.427 e. The van der Waals surface area contributed by atoms with Crippen LogP contribution in [0.25, 0.3) is 11.1 Å². The number of anilines is 1. The topological polar surface area (TPSA) is 172 Å². The van der Waals surface area contributed by atoms with Crippen LogP contribution in [0.2, 0.25) is 5.02 Å². The molecule has 226 valence electrons. The molecule has 2 amide bonds. The number of benzene rings is 3. The molecule has 0 saturated heterocycles. The van der Waals surface area contributed by atoms with Crippen LogP contribution in [0.5, 0.6) is 0 Å². The van der Waals surface area contributed by atoms with Crippen molar-refractivity contribution in [2.45, 2.75) is 44.8 Å². The molecule has 5 rings (SSSR count). The van der Waals surface area contributed by atoms with E-state index in [4.69, 9.17) is 28.5 Å². The van der Waals surface area contributed by atoms with Crippen LogP contribution in [0.15, 0.2) is 83.9 Å². The number of hydrogen-bond donors (Lipinski definition) is 6. The second-order valence-corrected chi connectivity index (χ2v) is 11.2. The van der Waals surface area contributed by atoms with Gasteiger partial charge in [-0.15, -0.1) is 0 Å². The molecule has 4 aromatic rings. The van der Waals surface area contributed by atoms with E-state index in [2.05, 4.69) is 15.6 Å². The molecule has 0 bridgehead atoms. The molecular weight excluding hydrogens is 578 g/mol. The first-order valence-electron chi connectivity index (χ1n) is 14.3. The summed E-state index contributed by atoms with van der Waals surface area (Å²) in [6, 6.07) is 23.0. The van der Waals surface area contributed by atoms with Gasteiger partial charge in [-0.2, -0.15) is 4.73 Å². The first-order valence-corrected chi connectivity index (χ1v) is 14.7. The van der Waals surface area contributed by atoms with Crippen molar-refractivity contribution < 1.29 is 14.8 Å². The van der Waals surface area contributed by atoms with Crippen molar-refractivity contribution in [2.24, 2.45) is 10.7 Å². The zero-order valence-corrected chi connectivity index (χ0v) is 24.8. The maximum atomic E-state index is 13.2. The van der Waals surface area contributed by atoms with E-state index >= 15 is 0 Å². The highest BCUT2D eigenvalue weighted by Gasteiger charge is 2.22. The van der Waals surface area contributed by atoms with Gasteiger partial charge in [-0.25, -0.2) is 0 Å². The lowest BCUT2D eigenvalue weighted by atomic mass is 9.94. The van der Waals surface area contributed by atoms with E-state index in [-0.39, 0.29) is 52.9 Å². The van der Waals surface area contributed by atoms with Gasteiger partial charge in [-0.1, -0.05) is 66.2 Å². The number of hydrogen-bond acceptors (Lipinski definition) is 6. The summed E-state index contributed by atoms with van der Waals surface area (Å²) in [7, 11) is 0. The Hall–Kier alpha value is -5.09. The summed E-state index contributed by atoms with van der Waals surface area (Å²) in [5.41, 5.74) is 16.0. The number of nitrogens with one attached hydrogen (secondary N) is 3. The average Bonchev–Trinajstić information content (AvgIpc) is 2.99. The zero-order chi connectivity index (χ0) is 31.2. The number of rotatable bonds is 10. The number of pyridine rings is 1. The fourth-order valence-electron chi connectivity index (χ4n) is 4.92. The van der Waals surface area contributed by atoms with Crippen molar-refractivity contribution in [2.75, 3.05) is 5.73 Å². The van der Waals surface area contributed by atoms with Crippen molar-refractivity contribution in [3.05, 3.63) is 117 Å². The Morgan fingerprint density at radius 1 is 0.955 bits per heavy atom. The van der Waals surface area contributed by atoms with Gasteiger partial charge in [0.05, 0.1) is 23.2 Å². The maximum absolute atomic E-state index is 13.2. The number of carbonyl (C=O) groups is 2. The molecule has 1 aliphatic carbocycles. The third-order valence-electron chi connectivity index (χ3n) is 7.53. The standard InChI is InChI=1S/C33H34ClN7O3/c34-27-16-29(40-26-7-4-8-26)41(44)28(17-30(42)38-18-21-9-11-22(12-10-21)32(36)37)31(27)23-13-24(15-25(35)14-23)33(43)39-19-20-5-2-1-3-6-20/h1-3,5-6,9-16,26,44H,4,7-8,17-19,35H2,(H3,36,37)(H,38,42)(H,39,43). The molecule has 44 heavy (non-hydrogen) atoms. The van der Waals surface area contributed by atoms with Crippen molar-refractivity contribution in [3.8, 4) is 11.1 Å². The SMILES string of the molecule is N=C(N)c1ccc(CNC(=O)Cc2c(-c3cc(N)cc(C(=O)NCc4ccccc4)c3)c(Cl)cc(=NC3CCC3)n2O)cc1. The molecule has 8 N–H and O–H groups in total. The van der Waals surface area contributed by atoms with Gasteiger partial charge in [0.15, 0.2) is 5.49 Å². The minimum atomic E-state index is -0.369. The second kappa shape index (κ2) is 13.5. The van der Waals surface area contributed by atoms with Crippen molar-refractivity contribution in [1.82, 2.24) is 15.4 Å². The fraction of sp³-hybridized carbons (Fsp3) is 0.212. The minimum absolute atomic E-state index is 0.0388. The lowest BCUT2D eigenvalue weighted by Crippen LogP contribution is -2.31. The lowest BCUT2D eigenvalue weighted by Gasteiger charge is -2.22. The first-order chi connectivity index (χ1) is 21.2. The Labute approximate surface area is 259 Å². The molecule has 0 aliphatic heterocycles. The molecule has 0 radical (unpaired) electrons. The number of nitrogens with zero attached hydrogens (tertiary/aromatic N) is 2. The molecule has 1 saturated carbocycles. The Morgan fingerprint density at radius 2 is 1.64 bits per heavy atom. The number of amidine groups is 1. The van der Waals surface area contributed by atoms with Crippen LogP contribution in [0, 0.1) is 5.41 Å². The molecule has 1 aromatic heterocycles. The summed E-state index contributed by atoms with van der Waals surface area (Å²) in [5, 5.41) is 24.9. The van der Waals surface area contributed by atoms with Crippen molar-refractivity contribution in [3.63, 3.8) is 0 Å². The van der Waals surface area contributed by atoms with Crippen LogP contribution >= 0.6 is 11.6 Å². The Morgan fingerprint density at radius 3 is 2.30 bits per heavy atom. The molecule has 10 nitrogen and oxygen atoms in total. The van der Waals surface area contributed by atoms with E-state index < -0.39 is 0 Å². The molecule has 11 heteroatoms. The third-order valence-corrected chi connectivity index (χ3v) is 7.83. The molecule has 1 heterocycles. The van der Waals surface area contributed by atoms with Crippen molar-refractivity contribution >= 4 is 34.9 Å². The number of amides is 2. The predicted molar refractivity (Wildman–Crippen MR) is 170 cm³/mol. The molecule has 0 atom stereocenters. The molecule has 0 unspecified atom stereocenters. The zero-order valence-electron chi connectivity index (χ0n) is 24.0. The average molecular weight is 612 g/mol. The first kappa shape index (κ1) is 30.4. The summed E-state index contributed by atoms with van der Waals surface area (Å²) in [5.74, 6) is -0.739. The Bertz CT molecular complexity index is 1770. The van der Waals surface area contributed by atoms with Crippen LogP contribution < -0.4 is 27.6 Å². The van der Waals surface area contributed by atoms with Gasteiger partial charge in [-0.3, -0.25) is 20.0 Å². The third kappa shape index (κ3) is 7.27. The van der Waals surface area contributed by atoms with Crippen LogP contribution in [0.4, 0.5) is 5.69 Å². The van der Waals surface area contributed by atoms with Gasteiger partial charge in [0, 0.05) is 41.5 Å². The summed E-state index contributed by atoms with van der Waals surface area (Å²) in [4.78, 5) is 31.0. The number of carbonyl (C=O) groups excluding carboxylic acids is 2. The number of nitrogens with two attached hydrogens (primary N) is 2. The highest BCUT2D eigenvalue weighted by molar-refractivity contribution is 6.33. The molecule has 1 aliphatic rings. The number of halogens is 1. The minimum Gasteiger partial charge on any atom is -0.427 e. The lowest BCUT2D eigenvalue weighted by molar-refractivity contribution is -0.120. The van der Waals surface area contributed by atoms with E-state index in [9.17, 15) is 14.8 Å². The second-order valence-electron chi connectivity index (χ2n) is 10.8.